The van der Waals surface area contributed by atoms with Gasteiger partial charge in [0.15, 0.2) is 5.82 Å². The molecule has 2 heterocycles. The Hall–Kier alpha value is -1.93. The molecule has 1 N–H and O–H groups in total. The van der Waals surface area contributed by atoms with Crippen molar-refractivity contribution in [3.8, 4) is 16.8 Å². The molecule has 74 valence electrons. The lowest BCUT2D eigenvalue weighted by atomic mass is 10.3. The van der Waals surface area contributed by atoms with Gasteiger partial charge in [0, 0.05) is 13.1 Å². The number of nitrogens with zero attached hydrogens (tertiary/aromatic N) is 3. The standard InChI is InChI=1S/C10H8N4S/c1-12-9-5-7(6-11)13-10(14-9)8-3-2-4-15-8/h2-5H,1H3,(H,12,13,14). The van der Waals surface area contributed by atoms with E-state index < -0.39 is 0 Å². The predicted octanol–water partition coefficient (Wildman–Crippen LogP) is 2.12. The van der Waals surface area contributed by atoms with E-state index in [1.165, 1.54) is 0 Å². The molecule has 0 fully saturated rings. The van der Waals surface area contributed by atoms with Crippen LogP contribution in [0.4, 0.5) is 5.82 Å². The predicted molar refractivity (Wildman–Crippen MR) is 59.6 cm³/mol. The summed E-state index contributed by atoms with van der Waals surface area (Å²) in [7, 11) is 1.77. The van der Waals surface area contributed by atoms with E-state index in [0.717, 1.165) is 4.88 Å². The molecule has 2 aromatic rings. The monoisotopic (exact) mass is 216 g/mol. The van der Waals surface area contributed by atoms with Gasteiger partial charge in [0.1, 0.15) is 17.6 Å². The van der Waals surface area contributed by atoms with E-state index in [4.69, 9.17) is 5.26 Å². The third-order valence-electron chi connectivity index (χ3n) is 1.84. The zero-order valence-corrected chi connectivity index (χ0v) is 8.88. The molecule has 0 atom stereocenters. The summed E-state index contributed by atoms with van der Waals surface area (Å²) < 4.78 is 0. The minimum Gasteiger partial charge on any atom is -0.373 e. The highest BCUT2D eigenvalue weighted by atomic mass is 32.1. The molecular formula is C10H8N4S. The van der Waals surface area contributed by atoms with Crippen molar-refractivity contribution in [1.82, 2.24) is 9.97 Å². The van der Waals surface area contributed by atoms with E-state index >= 15 is 0 Å². The van der Waals surface area contributed by atoms with Crippen LogP contribution in [0.1, 0.15) is 5.69 Å². The second-order valence-electron chi connectivity index (χ2n) is 2.80. The normalized spacial score (nSPS) is 9.60. The van der Waals surface area contributed by atoms with Crippen molar-refractivity contribution in [3.05, 3.63) is 29.3 Å². The smallest absolute Gasteiger partial charge is 0.172 e. The van der Waals surface area contributed by atoms with Crippen LogP contribution < -0.4 is 5.32 Å². The minimum absolute atomic E-state index is 0.373. The molecule has 15 heavy (non-hydrogen) atoms. The second kappa shape index (κ2) is 4.07. The van der Waals surface area contributed by atoms with Crippen LogP contribution in [0.5, 0.6) is 0 Å². The van der Waals surface area contributed by atoms with Crippen LogP contribution in [0, 0.1) is 11.3 Å². The highest BCUT2D eigenvalue weighted by molar-refractivity contribution is 7.13. The Bertz CT molecular complexity index is 499. The van der Waals surface area contributed by atoms with Crippen LogP contribution in [0.15, 0.2) is 23.6 Å². The van der Waals surface area contributed by atoms with Gasteiger partial charge >= 0.3 is 0 Å². The van der Waals surface area contributed by atoms with E-state index in [1.807, 2.05) is 23.6 Å². The molecule has 0 spiro atoms. The molecule has 2 rings (SSSR count). The summed E-state index contributed by atoms with van der Waals surface area (Å²) in [6, 6.07) is 7.50. The Morgan fingerprint density at radius 3 is 2.93 bits per heavy atom. The number of hydrogen-bond acceptors (Lipinski definition) is 5. The molecule has 0 amide bonds. The van der Waals surface area contributed by atoms with Crippen molar-refractivity contribution in [2.24, 2.45) is 0 Å². The number of aromatic nitrogens is 2. The Morgan fingerprint density at radius 2 is 2.33 bits per heavy atom. The molecule has 0 saturated heterocycles. The van der Waals surface area contributed by atoms with Gasteiger partial charge in [-0.2, -0.15) is 5.26 Å². The first-order chi connectivity index (χ1) is 7.33. The van der Waals surface area contributed by atoms with Crippen LogP contribution in [-0.2, 0) is 0 Å². The molecule has 0 aromatic carbocycles. The van der Waals surface area contributed by atoms with Gasteiger partial charge in [-0.15, -0.1) is 11.3 Å². The Balaban J connectivity index is 2.53. The van der Waals surface area contributed by atoms with Crippen molar-refractivity contribution >= 4 is 17.2 Å². The average molecular weight is 216 g/mol. The summed E-state index contributed by atoms with van der Waals surface area (Å²) in [6.07, 6.45) is 0. The van der Waals surface area contributed by atoms with Crippen LogP contribution >= 0.6 is 11.3 Å². The number of nitriles is 1. The first-order valence-corrected chi connectivity index (χ1v) is 5.22. The molecule has 0 radical (unpaired) electrons. The molecule has 0 saturated carbocycles. The van der Waals surface area contributed by atoms with Crippen molar-refractivity contribution in [3.63, 3.8) is 0 Å². The second-order valence-corrected chi connectivity index (χ2v) is 3.75. The molecule has 0 aliphatic heterocycles. The molecule has 0 unspecified atom stereocenters. The maximum absolute atomic E-state index is 8.81. The van der Waals surface area contributed by atoms with Gasteiger partial charge in [0.2, 0.25) is 0 Å². The molecule has 0 aliphatic rings. The maximum Gasteiger partial charge on any atom is 0.172 e. The number of nitrogens with one attached hydrogen (secondary N) is 1. The number of anilines is 1. The summed E-state index contributed by atoms with van der Waals surface area (Å²) in [5, 5.41) is 13.7. The molecule has 0 bridgehead atoms. The van der Waals surface area contributed by atoms with Crippen LogP contribution in [0.3, 0.4) is 0 Å². The summed E-state index contributed by atoms with van der Waals surface area (Å²) in [5.41, 5.74) is 0.373. The molecule has 0 aliphatic carbocycles. The zero-order chi connectivity index (χ0) is 10.7. The lowest BCUT2D eigenvalue weighted by molar-refractivity contribution is 1.15. The maximum atomic E-state index is 8.81. The Labute approximate surface area is 91.2 Å². The Kier molecular flexibility index (Phi) is 2.61. The first kappa shape index (κ1) is 9.62. The van der Waals surface area contributed by atoms with Gasteiger partial charge in [0.05, 0.1) is 4.88 Å². The summed E-state index contributed by atoms with van der Waals surface area (Å²) in [6.45, 7) is 0. The van der Waals surface area contributed by atoms with Crippen molar-refractivity contribution < 1.29 is 0 Å². The van der Waals surface area contributed by atoms with Crippen molar-refractivity contribution in [1.29, 1.82) is 5.26 Å². The molecule has 4 nitrogen and oxygen atoms in total. The van der Waals surface area contributed by atoms with Gasteiger partial charge in [-0.3, -0.25) is 0 Å². The third kappa shape index (κ3) is 1.95. The van der Waals surface area contributed by atoms with Crippen molar-refractivity contribution in [2.75, 3.05) is 12.4 Å². The van der Waals surface area contributed by atoms with Gasteiger partial charge in [0.25, 0.3) is 0 Å². The third-order valence-corrected chi connectivity index (χ3v) is 2.70. The fourth-order valence-corrected chi connectivity index (χ4v) is 1.81. The van der Waals surface area contributed by atoms with Gasteiger partial charge in [-0.1, -0.05) is 6.07 Å². The topological polar surface area (TPSA) is 61.6 Å². The number of rotatable bonds is 2. The first-order valence-electron chi connectivity index (χ1n) is 4.34. The molecule has 5 heteroatoms. The molecular weight excluding hydrogens is 208 g/mol. The minimum atomic E-state index is 0.373. The number of hydrogen-bond donors (Lipinski definition) is 1. The van der Waals surface area contributed by atoms with Crippen LogP contribution in [0.2, 0.25) is 0 Å². The Morgan fingerprint density at radius 1 is 1.47 bits per heavy atom. The van der Waals surface area contributed by atoms with Crippen molar-refractivity contribution in [2.45, 2.75) is 0 Å². The van der Waals surface area contributed by atoms with E-state index in [2.05, 4.69) is 15.3 Å². The fourth-order valence-electron chi connectivity index (χ4n) is 1.15. The van der Waals surface area contributed by atoms with Gasteiger partial charge in [-0.25, -0.2) is 9.97 Å². The highest BCUT2D eigenvalue weighted by Gasteiger charge is 2.06. The van der Waals surface area contributed by atoms with Gasteiger partial charge < -0.3 is 5.32 Å². The van der Waals surface area contributed by atoms with E-state index in [0.29, 0.717) is 17.3 Å². The van der Waals surface area contributed by atoms with Crippen LogP contribution in [-0.4, -0.2) is 17.0 Å². The lowest BCUT2D eigenvalue weighted by Gasteiger charge is -2.01. The molecule has 2 aromatic heterocycles. The lowest BCUT2D eigenvalue weighted by Crippen LogP contribution is -1.97. The van der Waals surface area contributed by atoms with Gasteiger partial charge in [-0.05, 0) is 11.4 Å². The number of thiophene rings is 1. The SMILES string of the molecule is CNc1cc(C#N)nc(-c2cccs2)n1. The van der Waals surface area contributed by atoms with E-state index in [9.17, 15) is 0 Å². The van der Waals surface area contributed by atoms with E-state index in [1.54, 1.807) is 24.5 Å². The largest absolute Gasteiger partial charge is 0.373 e. The quantitative estimate of drug-likeness (QED) is 0.835. The summed E-state index contributed by atoms with van der Waals surface area (Å²) in [4.78, 5) is 9.38. The fraction of sp³-hybridized carbons (Fsp3) is 0.100. The summed E-state index contributed by atoms with van der Waals surface area (Å²) in [5.74, 6) is 1.25. The van der Waals surface area contributed by atoms with Crippen LogP contribution in [0.25, 0.3) is 10.7 Å². The van der Waals surface area contributed by atoms with E-state index in [-0.39, 0.29) is 0 Å². The highest BCUT2D eigenvalue weighted by Crippen LogP contribution is 2.22. The summed E-state index contributed by atoms with van der Waals surface area (Å²) >= 11 is 1.55. The average Bonchev–Trinajstić information content (AvgIpc) is 2.81. The zero-order valence-electron chi connectivity index (χ0n) is 8.06.